The molecule has 2 aromatic heterocycles. The minimum Gasteiger partial charge on any atom is -0.383 e. The fourth-order valence-electron chi connectivity index (χ4n) is 2.90. The van der Waals surface area contributed by atoms with E-state index in [0.717, 1.165) is 0 Å². The summed E-state index contributed by atoms with van der Waals surface area (Å²) in [6, 6.07) is 17.2. The first-order chi connectivity index (χ1) is 15.0. The van der Waals surface area contributed by atoms with E-state index in [4.69, 9.17) is 5.73 Å². The molecule has 8 nitrogen and oxygen atoms in total. The zero-order chi connectivity index (χ0) is 21.8. The number of nitrogens with one attached hydrogen (secondary N) is 2. The molecule has 2 heterocycles. The van der Waals surface area contributed by atoms with Crippen LogP contribution in [0.5, 0.6) is 0 Å². The van der Waals surface area contributed by atoms with Crippen LogP contribution in [-0.4, -0.2) is 26.6 Å². The summed E-state index contributed by atoms with van der Waals surface area (Å²) in [5, 5.41) is 9.43. The molecule has 0 saturated heterocycles. The van der Waals surface area contributed by atoms with Gasteiger partial charge in [-0.3, -0.25) is 9.59 Å². The highest BCUT2D eigenvalue weighted by Crippen LogP contribution is 2.19. The van der Waals surface area contributed by atoms with Crippen molar-refractivity contribution in [2.75, 3.05) is 16.4 Å². The third-order valence-corrected chi connectivity index (χ3v) is 4.38. The molecule has 0 fully saturated rings. The van der Waals surface area contributed by atoms with Crippen molar-refractivity contribution in [2.45, 2.75) is 0 Å². The van der Waals surface area contributed by atoms with Gasteiger partial charge in [0.05, 0.1) is 6.20 Å². The molecular weight excluding hydrogens is 399 g/mol. The first-order valence-corrected chi connectivity index (χ1v) is 9.24. The van der Waals surface area contributed by atoms with Gasteiger partial charge in [-0.2, -0.15) is 9.78 Å². The summed E-state index contributed by atoms with van der Waals surface area (Å²) in [5.41, 5.74) is 7.25. The van der Waals surface area contributed by atoms with Gasteiger partial charge in [0.25, 0.3) is 11.8 Å². The second kappa shape index (κ2) is 8.46. The first-order valence-electron chi connectivity index (χ1n) is 9.24. The Bertz CT molecular complexity index is 1260. The number of aromatic nitrogens is 3. The van der Waals surface area contributed by atoms with Gasteiger partial charge in [0.1, 0.15) is 17.2 Å². The number of carbonyl (C=O) groups is 2. The van der Waals surface area contributed by atoms with Gasteiger partial charge in [-0.1, -0.05) is 18.2 Å². The molecule has 2 amide bonds. The highest BCUT2D eigenvalue weighted by atomic mass is 19.1. The molecule has 0 aliphatic carbocycles. The number of anilines is 3. The number of rotatable bonds is 5. The fourth-order valence-corrected chi connectivity index (χ4v) is 2.90. The third-order valence-electron chi connectivity index (χ3n) is 4.38. The quantitative estimate of drug-likeness (QED) is 0.461. The Balaban J connectivity index is 1.50. The van der Waals surface area contributed by atoms with Gasteiger partial charge in [-0.05, 0) is 48.5 Å². The van der Waals surface area contributed by atoms with Crippen molar-refractivity contribution in [1.29, 1.82) is 0 Å². The van der Waals surface area contributed by atoms with E-state index in [9.17, 15) is 14.0 Å². The number of amides is 2. The summed E-state index contributed by atoms with van der Waals surface area (Å²) in [4.78, 5) is 29.3. The van der Waals surface area contributed by atoms with E-state index in [1.807, 2.05) is 0 Å². The van der Waals surface area contributed by atoms with Crippen molar-refractivity contribution in [3.63, 3.8) is 0 Å². The van der Waals surface area contributed by atoms with E-state index < -0.39 is 17.6 Å². The SMILES string of the molecule is Nc1c(C(=O)Nc2cccc(C(=O)Nc3cccc(F)c3)c2)cnn1-c1ccccn1. The third kappa shape index (κ3) is 4.40. The summed E-state index contributed by atoms with van der Waals surface area (Å²) in [6.07, 6.45) is 2.94. The van der Waals surface area contributed by atoms with Gasteiger partial charge < -0.3 is 16.4 Å². The Morgan fingerprint density at radius 3 is 2.39 bits per heavy atom. The van der Waals surface area contributed by atoms with Crippen molar-refractivity contribution in [3.8, 4) is 5.82 Å². The molecule has 0 unspecified atom stereocenters. The standard InChI is InChI=1S/C22H17FN6O2/c23-15-6-4-8-17(12-15)27-21(30)14-5-3-7-16(11-14)28-22(31)18-13-26-29(20(18)24)19-9-1-2-10-25-19/h1-13H,24H2,(H,27,30)(H,28,31). The lowest BCUT2D eigenvalue weighted by molar-refractivity contribution is 0.101. The molecule has 0 aliphatic rings. The zero-order valence-corrected chi connectivity index (χ0v) is 16.1. The van der Waals surface area contributed by atoms with Gasteiger partial charge >= 0.3 is 0 Å². The largest absolute Gasteiger partial charge is 0.383 e. The van der Waals surface area contributed by atoms with E-state index >= 15 is 0 Å². The van der Waals surface area contributed by atoms with E-state index in [1.54, 1.807) is 48.7 Å². The molecule has 0 radical (unpaired) electrons. The van der Waals surface area contributed by atoms with Gasteiger partial charge in [-0.15, -0.1) is 0 Å². The predicted octanol–water partition coefficient (Wildman–Crippen LogP) is 3.49. The maximum atomic E-state index is 13.3. The second-order valence-corrected chi connectivity index (χ2v) is 6.54. The Morgan fingerprint density at radius 1 is 0.903 bits per heavy atom. The lowest BCUT2D eigenvalue weighted by Crippen LogP contribution is -2.16. The van der Waals surface area contributed by atoms with Crippen LogP contribution in [0.1, 0.15) is 20.7 Å². The molecular formula is C22H17FN6O2. The molecule has 0 aliphatic heterocycles. The second-order valence-electron chi connectivity index (χ2n) is 6.54. The number of nitrogens with two attached hydrogens (primary N) is 1. The molecule has 0 saturated carbocycles. The number of hydrogen-bond acceptors (Lipinski definition) is 5. The van der Waals surface area contributed by atoms with Crippen LogP contribution in [0.15, 0.2) is 79.1 Å². The topological polar surface area (TPSA) is 115 Å². The lowest BCUT2D eigenvalue weighted by Gasteiger charge is -2.09. The van der Waals surface area contributed by atoms with E-state index in [1.165, 1.54) is 35.1 Å². The molecule has 4 rings (SSSR count). The van der Waals surface area contributed by atoms with Crippen LogP contribution in [0.25, 0.3) is 5.82 Å². The maximum Gasteiger partial charge on any atom is 0.261 e. The normalized spacial score (nSPS) is 10.5. The number of nitrogen functional groups attached to an aromatic ring is 1. The van der Waals surface area contributed by atoms with E-state index in [-0.39, 0.29) is 11.4 Å². The van der Waals surface area contributed by atoms with E-state index in [0.29, 0.717) is 22.8 Å². The number of carbonyl (C=O) groups excluding carboxylic acids is 2. The van der Waals surface area contributed by atoms with Gasteiger partial charge in [-0.25, -0.2) is 9.37 Å². The lowest BCUT2D eigenvalue weighted by atomic mass is 10.1. The van der Waals surface area contributed by atoms with Gasteiger partial charge in [0.2, 0.25) is 0 Å². The van der Waals surface area contributed by atoms with Gasteiger partial charge in [0, 0.05) is 23.1 Å². The van der Waals surface area contributed by atoms with Crippen LogP contribution < -0.4 is 16.4 Å². The average molecular weight is 416 g/mol. The molecule has 0 spiro atoms. The Morgan fingerprint density at radius 2 is 1.65 bits per heavy atom. The van der Waals surface area contributed by atoms with Crippen molar-refractivity contribution in [2.24, 2.45) is 0 Å². The van der Waals surface area contributed by atoms with Crippen LogP contribution in [0.3, 0.4) is 0 Å². The van der Waals surface area contributed by atoms with Crippen molar-refractivity contribution in [1.82, 2.24) is 14.8 Å². The summed E-state index contributed by atoms with van der Waals surface area (Å²) in [6.45, 7) is 0. The van der Waals surface area contributed by atoms with Crippen LogP contribution in [0.4, 0.5) is 21.6 Å². The molecule has 154 valence electrons. The van der Waals surface area contributed by atoms with Crippen molar-refractivity contribution >= 4 is 29.0 Å². The number of nitrogens with zero attached hydrogens (tertiary/aromatic N) is 3. The van der Waals surface area contributed by atoms with Crippen molar-refractivity contribution < 1.29 is 14.0 Å². The minimum atomic E-state index is -0.484. The molecule has 0 bridgehead atoms. The van der Waals surface area contributed by atoms with Gasteiger partial charge in [0.15, 0.2) is 5.82 Å². The van der Waals surface area contributed by atoms with Crippen LogP contribution >= 0.6 is 0 Å². The highest BCUT2D eigenvalue weighted by molar-refractivity contribution is 6.09. The molecule has 31 heavy (non-hydrogen) atoms. The number of halogens is 1. The number of benzene rings is 2. The molecule has 2 aromatic carbocycles. The number of pyridine rings is 1. The molecule has 9 heteroatoms. The minimum absolute atomic E-state index is 0.135. The predicted molar refractivity (Wildman–Crippen MR) is 115 cm³/mol. The average Bonchev–Trinajstić information content (AvgIpc) is 3.16. The van der Waals surface area contributed by atoms with Crippen LogP contribution in [0, 0.1) is 5.82 Å². The molecule has 4 aromatic rings. The van der Waals surface area contributed by atoms with Crippen molar-refractivity contribution in [3.05, 3.63) is 96.1 Å². The Hall–Kier alpha value is -4.53. The fraction of sp³-hybridized carbons (Fsp3) is 0. The number of hydrogen-bond donors (Lipinski definition) is 3. The van der Waals surface area contributed by atoms with Crippen LogP contribution in [-0.2, 0) is 0 Å². The first kappa shape index (κ1) is 19.8. The summed E-state index contributed by atoms with van der Waals surface area (Å²) < 4.78 is 14.7. The van der Waals surface area contributed by atoms with Crippen LogP contribution in [0.2, 0.25) is 0 Å². The summed E-state index contributed by atoms with van der Waals surface area (Å²) >= 11 is 0. The summed E-state index contributed by atoms with van der Waals surface area (Å²) in [5.74, 6) is -0.763. The monoisotopic (exact) mass is 416 g/mol. The Labute approximate surface area is 176 Å². The highest BCUT2D eigenvalue weighted by Gasteiger charge is 2.17. The summed E-state index contributed by atoms with van der Waals surface area (Å²) in [7, 11) is 0. The molecule has 4 N–H and O–H groups in total. The molecule has 0 atom stereocenters. The Kier molecular flexibility index (Phi) is 5.39. The van der Waals surface area contributed by atoms with E-state index in [2.05, 4.69) is 20.7 Å². The maximum absolute atomic E-state index is 13.3. The smallest absolute Gasteiger partial charge is 0.261 e. The zero-order valence-electron chi connectivity index (χ0n) is 16.1.